The fraction of sp³-hybridized carbons (Fsp3) is 0.400. The van der Waals surface area contributed by atoms with Gasteiger partial charge in [-0.15, -0.1) is 0 Å². The zero-order chi connectivity index (χ0) is 10.6. The first-order chi connectivity index (χ1) is 6.65. The smallest absolute Gasteiger partial charge is 0.0942 e. The van der Waals surface area contributed by atoms with Gasteiger partial charge in [-0.3, -0.25) is 0 Å². The highest BCUT2D eigenvalue weighted by molar-refractivity contribution is 5.69. The van der Waals surface area contributed by atoms with Crippen LogP contribution in [-0.2, 0) is 0 Å². The van der Waals surface area contributed by atoms with Gasteiger partial charge in [0.05, 0.1) is 24.1 Å². The third-order valence-electron chi connectivity index (χ3n) is 2.03. The molecule has 0 radical (unpaired) electrons. The van der Waals surface area contributed by atoms with Crippen LogP contribution in [-0.4, -0.2) is 29.5 Å². The number of anilines is 2. The zero-order valence-corrected chi connectivity index (χ0v) is 8.20. The average molecular weight is 196 g/mol. The molecule has 1 rings (SSSR count). The summed E-state index contributed by atoms with van der Waals surface area (Å²) in [5.41, 5.74) is 8.23. The molecule has 0 aromatic heterocycles. The van der Waals surface area contributed by atoms with E-state index in [0.717, 1.165) is 11.3 Å². The van der Waals surface area contributed by atoms with E-state index in [1.165, 1.54) is 0 Å². The van der Waals surface area contributed by atoms with Crippen molar-refractivity contribution < 1.29 is 10.2 Å². The van der Waals surface area contributed by atoms with Gasteiger partial charge in [0.2, 0.25) is 0 Å². The Hall–Kier alpha value is -1.26. The first kappa shape index (κ1) is 10.8. The van der Waals surface area contributed by atoms with Gasteiger partial charge in [0.15, 0.2) is 0 Å². The maximum absolute atomic E-state index is 9.15. The fourth-order valence-corrected chi connectivity index (χ4v) is 1.22. The lowest BCUT2D eigenvalue weighted by molar-refractivity contribution is 0.105. The number of aliphatic hydroxyl groups excluding tert-OH is 2. The number of hydrogen-bond acceptors (Lipinski definition) is 4. The molecule has 0 fully saturated rings. The fourth-order valence-electron chi connectivity index (χ4n) is 1.22. The normalized spacial score (nSPS) is 12.5. The van der Waals surface area contributed by atoms with Crippen molar-refractivity contribution in [1.29, 1.82) is 0 Å². The predicted molar refractivity (Wildman–Crippen MR) is 57.2 cm³/mol. The van der Waals surface area contributed by atoms with Crippen molar-refractivity contribution in [3.05, 3.63) is 23.8 Å². The molecule has 0 amide bonds. The molecule has 0 spiro atoms. The van der Waals surface area contributed by atoms with Crippen LogP contribution in [0, 0.1) is 6.92 Å². The van der Waals surface area contributed by atoms with Crippen LogP contribution in [0.3, 0.4) is 0 Å². The second kappa shape index (κ2) is 4.83. The SMILES string of the molecule is Cc1cccc(N)c1NCC(O)CO. The summed E-state index contributed by atoms with van der Waals surface area (Å²) in [6.07, 6.45) is -0.756. The quantitative estimate of drug-likeness (QED) is 0.524. The van der Waals surface area contributed by atoms with Gasteiger partial charge in [-0.2, -0.15) is 0 Å². The number of rotatable bonds is 4. The molecule has 0 heterocycles. The van der Waals surface area contributed by atoms with Crippen LogP contribution in [0.2, 0.25) is 0 Å². The van der Waals surface area contributed by atoms with Crippen molar-refractivity contribution in [1.82, 2.24) is 0 Å². The minimum atomic E-state index is -0.756. The van der Waals surface area contributed by atoms with Gasteiger partial charge in [-0.25, -0.2) is 0 Å². The molecule has 78 valence electrons. The topological polar surface area (TPSA) is 78.5 Å². The molecule has 1 aromatic carbocycles. The highest BCUT2D eigenvalue weighted by atomic mass is 16.3. The maximum atomic E-state index is 9.15. The third-order valence-corrected chi connectivity index (χ3v) is 2.03. The second-order valence-electron chi connectivity index (χ2n) is 3.26. The highest BCUT2D eigenvalue weighted by Crippen LogP contribution is 2.22. The summed E-state index contributed by atoms with van der Waals surface area (Å²) >= 11 is 0. The monoisotopic (exact) mass is 196 g/mol. The van der Waals surface area contributed by atoms with Crippen molar-refractivity contribution in [2.45, 2.75) is 13.0 Å². The lowest BCUT2D eigenvalue weighted by atomic mass is 10.1. The van der Waals surface area contributed by atoms with Crippen LogP contribution < -0.4 is 11.1 Å². The van der Waals surface area contributed by atoms with Crippen LogP contribution in [0.15, 0.2) is 18.2 Å². The number of nitrogens with two attached hydrogens (primary N) is 1. The lowest BCUT2D eigenvalue weighted by Crippen LogP contribution is -2.23. The molecule has 1 aromatic rings. The lowest BCUT2D eigenvalue weighted by Gasteiger charge is -2.14. The first-order valence-corrected chi connectivity index (χ1v) is 4.53. The van der Waals surface area contributed by atoms with Gasteiger partial charge in [0, 0.05) is 6.54 Å². The van der Waals surface area contributed by atoms with Crippen molar-refractivity contribution >= 4 is 11.4 Å². The van der Waals surface area contributed by atoms with Crippen LogP contribution in [0.5, 0.6) is 0 Å². The van der Waals surface area contributed by atoms with Gasteiger partial charge in [0.25, 0.3) is 0 Å². The largest absolute Gasteiger partial charge is 0.397 e. The number of nitrogens with one attached hydrogen (secondary N) is 1. The molecule has 4 heteroatoms. The molecule has 0 aliphatic heterocycles. The molecule has 1 unspecified atom stereocenters. The number of para-hydroxylation sites is 1. The van der Waals surface area contributed by atoms with Crippen LogP contribution in [0.25, 0.3) is 0 Å². The molecular formula is C10H16N2O2. The summed E-state index contributed by atoms with van der Waals surface area (Å²) in [6.45, 7) is 1.98. The Labute approximate surface area is 83.4 Å². The molecule has 0 bridgehead atoms. The number of aliphatic hydroxyl groups is 2. The molecule has 4 nitrogen and oxygen atoms in total. The van der Waals surface area contributed by atoms with E-state index in [1.54, 1.807) is 6.07 Å². The Morgan fingerprint density at radius 2 is 2.21 bits per heavy atom. The zero-order valence-electron chi connectivity index (χ0n) is 8.20. The van der Waals surface area contributed by atoms with E-state index >= 15 is 0 Å². The van der Waals surface area contributed by atoms with Crippen LogP contribution in [0.1, 0.15) is 5.56 Å². The summed E-state index contributed by atoms with van der Waals surface area (Å²) in [7, 11) is 0. The van der Waals surface area contributed by atoms with Crippen molar-refractivity contribution in [3.8, 4) is 0 Å². The summed E-state index contributed by atoms with van der Waals surface area (Å²) < 4.78 is 0. The molecule has 0 aliphatic carbocycles. The Morgan fingerprint density at radius 1 is 1.50 bits per heavy atom. The first-order valence-electron chi connectivity index (χ1n) is 4.53. The van der Waals surface area contributed by atoms with E-state index in [-0.39, 0.29) is 6.61 Å². The van der Waals surface area contributed by atoms with Gasteiger partial charge in [0.1, 0.15) is 0 Å². The van der Waals surface area contributed by atoms with E-state index in [9.17, 15) is 0 Å². The van der Waals surface area contributed by atoms with Gasteiger partial charge in [-0.05, 0) is 18.6 Å². The van der Waals surface area contributed by atoms with Crippen molar-refractivity contribution in [3.63, 3.8) is 0 Å². The standard InChI is InChI=1S/C10H16N2O2/c1-7-3-2-4-9(11)10(7)12-5-8(14)6-13/h2-4,8,12-14H,5-6,11H2,1H3. The van der Waals surface area contributed by atoms with E-state index in [0.29, 0.717) is 12.2 Å². The number of nitrogen functional groups attached to an aromatic ring is 1. The summed E-state index contributed by atoms with van der Waals surface area (Å²) in [5.74, 6) is 0. The van der Waals surface area contributed by atoms with Crippen LogP contribution >= 0.6 is 0 Å². The second-order valence-corrected chi connectivity index (χ2v) is 3.26. The minimum Gasteiger partial charge on any atom is -0.397 e. The summed E-state index contributed by atoms with van der Waals surface area (Å²) in [6, 6.07) is 5.60. The third kappa shape index (κ3) is 2.61. The Bertz CT molecular complexity index is 282. The number of aryl methyl sites for hydroxylation is 1. The van der Waals surface area contributed by atoms with Crippen molar-refractivity contribution in [2.24, 2.45) is 0 Å². The predicted octanol–water partition coefficient (Wildman–Crippen LogP) is 0.342. The number of hydrogen-bond donors (Lipinski definition) is 4. The van der Waals surface area contributed by atoms with Crippen molar-refractivity contribution in [2.75, 3.05) is 24.2 Å². The molecule has 0 saturated carbocycles. The molecule has 0 saturated heterocycles. The summed E-state index contributed by atoms with van der Waals surface area (Å²) in [5, 5.41) is 20.8. The van der Waals surface area contributed by atoms with E-state index in [2.05, 4.69) is 5.32 Å². The minimum absolute atomic E-state index is 0.251. The average Bonchev–Trinajstić information content (AvgIpc) is 2.16. The molecule has 5 N–H and O–H groups in total. The number of benzene rings is 1. The maximum Gasteiger partial charge on any atom is 0.0942 e. The van der Waals surface area contributed by atoms with Gasteiger partial charge < -0.3 is 21.3 Å². The molecular weight excluding hydrogens is 180 g/mol. The van der Waals surface area contributed by atoms with Gasteiger partial charge >= 0.3 is 0 Å². The van der Waals surface area contributed by atoms with Gasteiger partial charge in [-0.1, -0.05) is 12.1 Å². The van der Waals surface area contributed by atoms with E-state index in [4.69, 9.17) is 15.9 Å². The van der Waals surface area contributed by atoms with E-state index in [1.807, 2.05) is 19.1 Å². The Morgan fingerprint density at radius 3 is 2.79 bits per heavy atom. The highest BCUT2D eigenvalue weighted by Gasteiger charge is 2.05. The molecule has 1 atom stereocenters. The van der Waals surface area contributed by atoms with E-state index < -0.39 is 6.10 Å². The Kier molecular flexibility index (Phi) is 3.73. The molecule has 14 heavy (non-hydrogen) atoms. The molecule has 0 aliphatic rings. The summed E-state index contributed by atoms with van der Waals surface area (Å²) in [4.78, 5) is 0. The Balaban J connectivity index is 2.66. The van der Waals surface area contributed by atoms with Crippen LogP contribution in [0.4, 0.5) is 11.4 Å².